The summed E-state index contributed by atoms with van der Waals surface area (Å²) in [7, 11) is 0. The van der Waals surface area contributed by atoms with E-state index in [1.165, 1.54) is 27.4 Å². The van der Waals surface area contributed by atoms with Crippen molar-refractivity contribution in [1.82, 2.24) is 9.88 Å². The zero-order chi connectivity index (χ0) is 20.5. The van der Waals surface area contributed by atoms with Crippen LogP contribution in [0.4, 0.5) is 0 Å². The number of rotatable bonds is 4. The number of aryl methyl sites for hydroxylation is 1. The molecule has 3 heterocycles. The number of amides is 1. The number of benzene rings is 2. The number of carbonyl (C=O) groups excluding carboxylic acids is 1. The fourth-order valence-corrected chi connectivity index (χ4v) is 5.26. The van der Waals surface area contributed by atoms with Crippen molar-refractivity contribution in [3.05, 3.63) is 69.5 Å². The molecule has 6 heteroatoms. The smallest absolute Gasteiger partial charge is 0.266 e. The normalized spacial score (nSPS) is 16.4. The lowest BCUT2D eigenvalue weighted by molar-refractivity contribution is -0.917. The van der Waals surface area contributed by atoms with Gasteiger partial charge in [-0.3, -0.25) is 4.79 Å². The van der Waals surface area contributed by atoms with E-state index in [-0.39, 0.29) is 5.91 Å². The Morgan fingerprint density at radius 1 is 1.17 bits per heavy atom. The highest BCUT2D eigenvalue weighted by Gasteiger charge is 2.28. The van der Waals surface area contributed by atoms with Crippen LogP contribution in [0, 0.1) is 6.92 Å². The van der Waals surface area contributed by atoms with Gasteiger partial charge in [0.2, 0.25) is 0 Å². The lowest BCUT2D eigenvalue weighted by Crippen LogP contribution is -3.13. The zero-order valence-electron chi connectivity index (χ0n) is 17.2. The molecule has 30 heavy (non-hydrogen) atoms. The molecular formula is C24H26N3O2S+. The van der Waals surface area contributed by atoms with Crippen molar-refractivity contribution < 1.29 is 14.4 Å². The van der Waals surface area contributed by atoms with Gasteiger partial charge < -0.3 is 14.5 Å². The van der Waals surface area contributed by atoms with Crippen molar-refractivity contribution in [2.24, 2.45) is 0 Å². The lowest BCUT2D eigenvalue weighted by Gasteiger charge is -2.32. The number of fused-ring (bicyclic) bond motifs is 1. The van der Waals surface area contributed by atoms with E-state index in [0.717, 1.165) is 72.6 Å². The first-order chi connectivity index (χ1) is 14.7. The predicted octanol–water partition coefficient (Wildman–Crippen LogP) is 2.59. The van der Waals surface area contributed by atoms with Crippen LogP contribution >= 0.6 is 11.3 Å². The Balaban J connectivity index is 1.24. The molecule has 3 aromatic rings. The standard InChI is InChI=1S/C24H25N3O2S/c1-17-25-22(19-5-3-2-4-6-19)23(30-17)24(28)27-12-10-26(11-13-27)16-18-7-8-21-20(15-18)9-14-29-21/h2-8,15H,9-14,16H2,1H3/p+1. The Bertz CT molecular complexity index is 1060. The molecule has 1 amide bonds. The molecule has 0 spiro atoms. The summed E-state index contributed by atoms with van der Waals surface area (Å²) in [4.78, 5) is 22.2. The van der Waals surface area contributed by atoms with Crippen LogP contribution in [-0.4, -0.2) is 48.6 Å². The largest absolute Gasteiger partial charge is 0.493 e. The third-order valence-electron chi connectivity index (χ3n) is 5.94. The molecule has 5 rings (SSSR count). The van der Waals surface area contributed by atoms with Crippen LogP contribution in [0.3, 0.4) is 0 Å². The van der Waals surface area contributed by atoms with Crippen molar-refractivity contribution in [3.8, 4) is 17.0 Å². The van der Waals surface area contributed by atoms with Gasteiger partial charge in [-0.2, -0.15) is 0 Å². The topological polar surface area (TPSA) is 46.9 Å². The van der Waals surface area contributed by atoms with Gasteiger partial charge in [0.1, 0.15) is 17.2 Å². The van der Waals surface area contributed by atoms with Gasteiger partial charge in [0.15, 0.2) is 0 Å². The molecule has 2 aromatic carbocycles. The molecule has 0 bridgehead atoms. The van der Waals surface area contributed by atoms with Gasteiger partial charge in [-0.1, -0.05) is 30.3 Å². The predicted molar refractivity (Wildman–Crippen MR) is 118 cm³/mol. The third kappa shape index (κ3) is 3.85. The number of quaternary nitrogens is 1. The lowest BCUT2D eigenvalue weighted by atomic mass is 10.1. The quantitative estimate of drug-likeness (QED) is 0.706. The van der Waals surface area contributed by atoms with Crippen molar-refractivity contribution >= 4 is 17.2 Å². The van der Waals surface area contributed by atoms with Crippen LogP contribution in [0.25, 0.3) is 11.3 Å². The molecule has 0 aliphatic carbocycles. The number of ether oxygens (including phenoxy) is 1. The minimum absolute atomic E-state index is 0.119. The number of piperazine rings is 1. The average Bonchev–Trinajstić information content (AvgIpc) is 3.40. The first-order valence-electron chi connectivity index (χ1n) is 10.6. The molecule has 2 aliphatic rings. The number of hydrogen-bond acceptors (Lipinski definition) is 4. The highest BCUT2D eigenvalue weighted by atomic mass is 32.1. The molecule has 154 valence electrons. The van der Waals surface area contributed by atoms with E-state index in [1.54, 1.807) is 0 Å². The van der Waals surface area contributed by atoms with E-state index in [9.17, 15) is 4.79 Å². The second-order valence-corrected chi connectivity index (χ2v) is 9.24. The molecular weight excluding hydrogens is 394 g/mol. The molecule has 1 fully saturated rings. The van der Waals surface area contributed by atoms with E-state index in [4.69, 9.17) is 4.74 Å². The van der Waals surface area contributed by atoms with Crippen LogP contribution < -0.4 is 9.64 Å². The van der Waals surface area contributed by atoms with Crippen molar-refractivity contribution in [1.29, 1.82) is 0 Å². The van der Waals surface area contributed by atoms with E-state index >= 15 is 0 Å². The van der Waals surface area contributed by atoms with Crippen LogP contribution in [0.2, 0.25) is 0 Å². The minimum Gasteiger partial charge on any atom is -0.493 e. The minimum atomic E-state index is 0.119. The Hall–Kier alpha value is -2.70. The van der Waals surface area contributed by atoms with Gasteiger partial charge in [0.05, 0.1) is 43.5 Å². The fraction of sp³-hybridized carbons (Fsp3) is 0.333. The summed E-state index contributed by atoms with van der Waals surface area (Å²) in [6, 6.07) is 16.6. The number of nitrogens with zero attached hydrogens (tertiary/aromatic N) is 2. The van der Waals surface area contributed by atoms with Gasteiger partial charge in [0.25, 0.3) is 5.91 Å². The van der Waals surface area contributed by atoms with Gasteiger partial charge in [-0.25, -0.2) is 4.98 Å². The number of hydrogen-bond donors (Lipinski definition) is 1. The van der Waals surface area contributed by atoms with Crippen LogP contribution in [0.5, 0.6) is 5.75 Å². The maximum Gasteiger partial charge on any atom is 0.266 e. The Morgan fingerprint density at radius 3 is 2.77 bits per heavy atom. The zero-order valence-corrected chi connectivity index (χ0v) is 18.0. The molecule has 0 saturated carbocycles. The Labute approximate surface area is 180 Å². The number of carbonyl (C=O) groups is 1. The van der Waals surface area contributed by atoms with E-state index in [1.807, 2.05) is 42.2 Å². The first kappa shape index (κ1) is 19.3. The first-order valence-corrected chi connectivity index (χ1v) is 11.4. The van der Waals surface area contributed by atoms with Gasteiger partial charge >= 0.3 is 0 Å². The summed E-state index contributed by atoms with van der Waals surface area (Å²) < 4.78 is 5.61. The second kappa shape index (κ2) is 8.20. The number of nitrogens with one attached hydrogen (secondary N) is 1. The molecule has 0 atom stereocenters. The van der Waals surface area contributed by atoms with Crippen LogP contribution in [0.1, 0.15) is 25.8 Å². The second-order valence-electron chi connectivity index (χ2n) is 8.04. The molecule has 5 nitrogen and oxygen atoms in total. The summed E-state index contributed by atoms with van der Waals surface area (Å²) >= 11 is 1.50. The highest BCUT2D eigenvalue weighted by molar-refractivity contribution is 7.14. The number of thiazole rings is 1. The van der Waals surface area contributed by atoms with Gasteiger partial charge in [-0.05, 0) is 30.7 Å². The summed E-state index contributed by atoms with van der Waals surface area (Å²) in [5.41, 5.74) is 4.52. The van der Waals surface area contributed by atoms with E-state index in [2.05, 4.69) is 23.2 Å². The molecule has 0 unspecified atom stereocenters. The van der Waals surface area contributed by atoms with Crippen molar-refractivity contribution in [2.75, 3.05) is 32.8 Å². The molecule has 0 radical (unpaired) electrons. The summed E-state index contributed by atoms with van der Waals surface area (Å²) in [5, 5.41) is 0.932. The maximum atomic E-state index is 13.3. The summed E-state index contributed by atoms with van der Waals surface area (Å²) in [6.07, 6.45) is 1.01. The Kier molecular flexibility index (Phi) is 5.27. The maximum absolute atomic E-state index is 13.3. The molecule has 1 saturated heterocycles. The summed E-state index contributed by atoms with van der Waals surface area (Å²) in [5.74, 6) is 1.16. The monoisotopic (exact) mass is 420 g/mol. The third-order valence-corrected chi connectivity index (χ3v) is 6.90. The van der Waals surface area contributed by atoms with Crippen LogP contribution in [-0.2, 0) is 13.0 Å². The number of aromatic nitrogens is 1. The fourth-order valence-electron chi connectivity index (χ4n) is 4.35. The molecule has 1 N–H and O–H groups in total. The molecule has 2 aliphatic heterocycles. The average molecular weight is 421 g/mol. The van der Waals surface area contributed by atoms with E-state index in [0.29, 0.717) is 0 Å². The highest BCUT2D eigenvalue weighted by Crippen LogP contribution is 2.29. The Morgan fingerprint density at radius 2 is 1.97 bits per heavy atom. The van der Waals surface area contributed by atoms with Crippen LogP contribution in [0.15, 0.2) is 48.5 Å². The molecule has 1 aromatic heterocycles. The van der Waals surface area contributed by atoms with E-state index < -0.39 is 0 Å². The van der Waals surface area contributed by atoms with Crippen molar-refractivity contribution in [3.63, 3.8) is 0 Å². The van der Waals surface area contributed by atoms with Crippen molar-refractivity contribution in [2.45, 2.75) is 19.9 Å². The van der Waals surface area contributed by atoms with Gasteiger partial charge in [-0.15, -0.1) is 11.3 Å². The van der Waals surface area contributed by atoms with Gasteiger partial charge in [0, 0.05) is 17.5 Å². The SMILES string of the molecule is Cc1nc(-c2ccccc2)c(C(=O)N2CC[NH+](Cc3ccc4c(c3)CCO4)CC2)s1. The summed E-state index contributed by atoms with van der Waals surface area (Å²) in [6.45, 7) is 7.28.